The van der Waals surface area contributed by atoms with Crippen LogP contribution < -0.4 is 5.32 Å². The van der Waals surface area contributed by atoms with E-state index in [2.05, 4.69) is 21.2 Å². The number of methoxy groups -OCH3 is 1. The second-order valence-corrected chi connectivity index (χ2v) is 4.20. The average molecular weight is 303 g/mol. The molecule has 0 radical (unpaired) electrons. The van der Waals surface area contributed by atoms with E-state index in [0.717, 1.165) is 0 Å². The standard InChI is InChI=1S/C10H11BrN2O4/c1-6(17-2)10(14)12-8-4-3-7(11)5-9(8)13(15)16/h3-6H,1-2H3,(H,12,14)/t6-/m1/s1. The van der Waals surface area contributed by atoms with Crippen LogP contribution in [0.1, 0.15) is 6.92 Å². The van der Waals surface area contributed by atoms with E-state index in [1.165, 1.54) is 19.2 Å². The molecule has 0 aliphatic rings. The van der Waals surface area contributed by atoms with Crippen LogP contribution in [0.5, 0.6) is 0 Å². The van der Waals surface area contributed by atoms with E-state index < -0.39 is 16.9 Å². The lowest BCUT2D eigenvalue weighted by atomic mass is 10.2. The fourth-order valence-corrected chi connectivity index (χ4v) is 1.45. The Morgan fingerprint density at radius 2 is 2.24 bits per heavy atom. The van der Waals surface area contributed by atoms with Gasteiger partial charge in [0.25, 0.3) is 11.6 Å². The number of halogens is 1. The van der Waals surface area contributed by atoms with Crippen molar-refractivity contribution < 1.29 is 14.5 Å². The summed E-state index contributed by atoms with van der Waals surface area (Å²) in [7, 11) is 1.39. The highest BCUT2D eigenvalue weighted by Crippen LogP contribution is 2.28. The van der Waals surface area contributed by atoms with Crippen LogP contribution >= 0.6 is 15.9 Å². The Balaban J connectivity index is 2.98. The van der Waals surface area contributed by atoms with E-state index in [4.69, 9.17) is 4.74 Å². The van der Waals surface area contributed by atoms with Crippen molar-refractivity contribution in [3.63, 3.8) is 0 Å². The Hall–Kier alpha value is -1.47. The molecule has 7 heteroatoms. The summed E-state index contributed by atoms with van der Waals surface area (Å²) in [6.45, 7) is 1.56. The molecule has 0 fully saturated rings. The highest BCUT2D eigenvalue weighted by atomic mass is 79.9. The third-order valence-electron chi connectivity index (χ3n) is 2.14. The van der Waals surface area contributed by atoms with Crippen molar-refractivity contribution in [2.24, 2.45) is 0 Å². The number of hydrogen-bond donors (Lipinski definition) is 1. The van der Waals surface area contributed by atoms with Gasteiger partial charge in [-0.15, -0.1) is 0 Å². The minimum atomic E-state index is -0.668. The summed E-state index contributed by atoms with van der Waals surface area (Å²) in [5.41, 5.74) is -0.0249. The van der Waals surface area contributed by atoms with Gasteiger partial charge in [0.1, 0.15) is 11.8 Å². The van der Waals surface area contributed by atoms with E-state index >= 15 is 0 Å². The molecular formula is C10H11BrN2O4. The monoisotopic (exact) mass is 302 g/mol. The summed E-state index contributed by atoms with van der Waals surface area (Å²) in [5, 5.41) is 13.2. The summed E-state index contributed by atoms with van der Waals surface area (Å²) in [4.78, 5) is 21.8. The number of carbonyl (C=O) groups is 1. The van der Waals surface area contributed by atoms with E-state index in [1.807, 2.05) is 0 Å². The number of anilines is 1. The molecule has 92 valence electrons. The van der Waals surface area contributed by atoms with Gasteiger partial charge in [-0.2, -0.15) is 0 Å². The Morgan fingerprint density at radius 3 is 2.76 bits per heavy atom. The van der Waals surface area contributed by atoms with Gasteiger partial charge in [0.15, 0.2) is 0 Å². The summed E-state index contributed by atoms with van der Waals surface area (Å²) in [5.74, 6) is -0.432. The van der Waals surface area contributed by atoms with Gasteiger partial charge in [0.2, 0.25) is 0 Å². The summed E-state index contributed by atoms with van der Waals surface area (Å²) < 4.78 is 5.39. The maximum absolute atomic E-state index is 11.5. The van der Waals surface area contributed by atoms with Gasteiger partial charge < -0.3 is 10.1 Å². The molecule has 1 atom stereocenters. The van der Waals surface area contributed by atoms with Gasteiger partial charge in [0.05, 0.1) is 4.92 Å². The number of nitrogens with zero attached hydrogens (tertiary/aromatic N) is 1. The van der Waals surface area contributed by atoms with Gasteiger partial charge in [-0.1, -0.05) is 15.9 Å². The molecule has 0 saturated heterocycles. The Labute approximate surface area is 106 Å². The first kappa shape index (κ1) is 13.6. The molecule has 0 aromatic heterocycles. The molecule has 1 rings (SSSR count). The lowest BCUT2D eigenvalue weighted by Gasteiger charge is -2.10. The fraction of sp³-hybridized carbons (Fsp3) is 0.300. The van der Waals surface area contributed by atoms with E-state index in [0.29, 0.717) is 4.47 Å². The van der Waals surface area contributed by atoms with Crippen LogP contribution in [0.3, 0.4) is 0 Å². The van der Waals surface area contributed by atoms with Gasteiger partial charge in [-0.3, -0.25) is 14.9 Å². The Morgan fingerprint density at radius 1 is 1.59 bits per heavy atom. The van der Waals surface area contributed by atoms with Crippen molar-refractivity contribution in [3.8, 4) is 0 Å². The molecule has 1 N–H and O–H groups in total. The average Bonchev–Trinajstić information content (AvgIpc) is 2.29. The smallest absolute Gasteiger partial charge is 0.293 e. The van der Waals surface area contributed by atoms with Crippen LogP contribution in [-0.2, 0) is 9.53 Å². The first-order valence-electron chi connectivity index (χ1n) is 4.73. The number of amides is 1. The van der Waals surface area contributed by atoms with Crippen LogP contribution in [0.15, 0.2) is 22.7 Å². The molecule has 0 spiro atoms. The third kappa shape index (κ3) is 3.50. The highest BCUT2D eigenvalue weighted by Gasteiger charge is 2.19. The number of carbonyl (C=O) groups excluding carboxylic acids is 1. The van der Waals surface area contributed by atoms with E-state index in [-0.39, 0.29) is 11.4 Å². The number of nitro benzene ring substituents is 1. The second kappa shape index (κ2) is 5.74. The molecule has 17 heavy (non-hydrogen) atoms. The topological polar surface area (TPSA) is 81.5 Å². The largest absolute Gasteiger partial charge is 0.372 e. The molecule has 0 bridgehead atoms. The van der Waals surface area contributed by atoms with Crippen molar-refractivity contribution in [1.29, 1.82) is 0 Å². The van der Waals surface area contributed by atoms with Crippen molar-refractivity contribution in [1.82, 2.24) is 0 Å². The molecule has 0 unspecified atom stereocenters. The maximum atomic E-state index is 11.5. The predicted octanol–water partition coefficient (Wildman–Crippen LogP) is 2.33. The van der Waals surface area contributed by atoms with E-state index in [1.54, 1.807) is 13.0 Å². The zero-order valence-corrected chi connectivity index (χ0v) is 10.9. The Bertz CT molecular complexity index is 450. The number of hydrogen-bond acceptors (Lipinski definition) is 4. The van der Waals surface area contributed by atoms with E-state index in [9.17, 15) is 14.9 Å². The van der Waals surface area contributed by atoms with Gasteiger partial charge >= 0.3 is 0 Å². The third-order valence-corrected chi connectivity index (χ3v) is 2.63. The van der Waals surface area contributed by atoms with Crippen molar-refractivity contribution >= 4 is 33.2 Å². The van der Waals surface area contributed by atoms with Crippen molar-refractivity contribution in [3.05, 3.63) is 32.8 Å². The first-order chi connectivity index (χ1) is 7.95. The molecular weight excluding hydrogens is 292 g/mol. The molecule has 0 heterocycles. The quantitative estimate of drug-likeness (QED) is 0.683. The lowest BCUT2D eigenvalue weighted by molar-refractivity contribution is -0.384. The second-order valence-electron chi connectivity index (χ2n) is 3.29. The normalized spacial score (nSPS) is 11.9. The fourth-order valence-electron chi connectivity index (χ4n) is 1.10. The number of nitrogens with one attached hydrogen (secondary N) is 1. The molecule has 1 aromatic carbocycles. The lowest BCUT2D eigenvalue weighted by Crippen LogP contribution is -2.26. The van der Waals surface area contributed by atoms with Crippen LogP contribution in [0, 0.1) is 10.1 Å². The summed E-state index contributed by atoms with van der Waals surface area (Å²) >= 11 is 3.13. The van der Waals surface area contributed by atoms with Gasteiger partial charge in [0, 0.05) is 17.6 Å². The molecule has 0 aliphatic heterocycles. The molecule has 1 amide bonds. The number of rotatable bonds is 4. The van der Waals surface area contributed by atoms with Gasteiger partial charge in [-0.05, 0) is 19.1 Å². The molecule has 1 aromatic rings. The molecule has 0 aliphatic carbocycles. The van der Waals surface area contributed by atoms with Crippen LogP contribution in [0.2, 0.25) is 0 Å². The summed E-state index contributed by atoms with van der Waals surface area (Å²) in [6, 6.07) is 4.40. The minimum absolute atomic E-state index is 0.145. The number of benzene rings is 1. The molecule has 0 saturated carbocycles. The van der Waals surface area contributed by atoms with Crippen LogP contribution in [0.25, 0.3) is 0 Å². The first-order valence-corrected chi connectivity index (χ1v) is 5.52. The molecule has 6 nitrogen and oxygen atoms in total. The SMILES string of the molecule is CO[C@H](C)C(=O)Nc1ccc(Br)cc1[N+](=O)[O-]. The minimum Gasteiger partial charge on any atom is -0.372 e. The summed E-state index contributed by atoms with van der Waals surface area (Å²) in [6.07, 6.45) is -0.668. The number of ether oxygens (including phenoxy) is 1. The predicted molar refractivity (Wildman–Crippen MR) is 65.9 cm³/mol. The highest BCUT2D eigenvalue weighted by molar-refractivity contribution is 9.10. The van der Waals surface area contributed by atoms with Crippen molar-refractivity contribution in [2.45, 2.75) is 13.0 Å². The zero-order valence-electron chi connectivity index (χ0n) is 9.27. The maximum Gasteiger partial charge on any atom is 0.293 e. The van der Waals surface area contributed by atoms with Crippen LogP contribution in [-0.4, -0.2) is 24.0 Å². The van der Waals surface area contributed by atoms with Gasteiger partial charge in [-0.25, -0.2) is 0 Å². The number of nitro groups is 1. The zero-order chi connectivity index (χ0) is 13.0. The van der Waals surface area contributed by atoms with Crippen LogP contribution in [0.4, 0.5) is 11.4 Å². The Kier molecular flexibility index (Phi) is 4.59. The van der Waals surface area contributed by atoms with Crippen molar-refractivity contribution in [2.75, 3.05) is 12.4 Å².